The van der Waals surface area contributed by atoms with Gasteiger partial charge in [-0.25, -0.2) is 0 Å². The second-order valence-electron chi connectivity index (χ2n) is 6.56. The van der Waals surface area contributed by atoms with E-state index < -0.39 is 0 Å². The first-order chi connectivity index (χ1) is 12.8. The molecule has 0 amide bonds. The number of nitrogens with one attached hydrogen (secondary N) is 1. The number of hydrogen-bond donors (Lipinski definition) is 1. The van der Waals surface area contributed by atoms with E-state index in [0.717, 1.165) is 37.4 Å². The lowest BCUT2D eigenvalue weighted by Gasteiger charge is -2.13. The molecule has 1 aliphatic heterocycles. The highest BCUT2D eigenvalue weighted by atomic mass is 16.5. The van der Waals surface area contributed by atoms with Gasteiger partial charge in [-0.1, -0.05) is 35.5 Å². The molecule has 8 heteroatoms. The Labute approximate surface area is 151 Å². The molecule has 2 atom stereocenters. The highest BCUT2D eigenvalue weighted by molar-refractivity contribution is 5.15. The van der Waals surface area contributed by atoms with Gasteiger partial charge in [0.15, 0.2) is 5.82 Å². The number of nitrogens with zero attached hydrogens (tertiary/aromatic N) is 5. The van der Waals surface area contributed by atoms with E-state index in [-0.39, 0.29) is 12.0 Å². The predicted octanol–water partition coefficient (Wildman–Crippen LogP) is 1.59. The lowest BCUT2D eigenvalue weighted by atomic mass is 10.0. The molecule has 1 N–H and O–H groups in total. The number of likely N-dealkylation sites (tertiary alicyclic amines) is 1. The van der Waals surface area contributed by atoms with Gasteiger partial charge in [-0.05, 0) is 12.0 Å². The number of rotatable bonds is 7. The quantitative estimate of drug-likeness (QED) is 0.688. The molecule has 3 heterocycles. The van der Waals surface area contributed by atoms with Gasteiger partial charge in [-0.3, -0.25) is 4.90 Å². The number of aryl methyl sites for hydroxylation is 2. The summed E-state index contributed by atoms with van der Waals surface area (Å²) in [5, 5.41) is 14.9. The van der Waals surface area contributed by atoms with Gasteiger partial charge >= 0.3 is 0 Å². The smallest absolute Gasteiger partial charge is 0.240 e. The van der Waals surface area contributed by atoms with Gasteiger partial charge in [0, 0.05) is 32.5 Å². The van der Waals surface area contributed by atoms with Crippen LogP contribution in [0.15, 0.2) is 41.1 Å². The Morgan fingerprint density at radius 3 is 2.88 bits per heavy atom. The van der Waals surface area contributed by atoms with Gasteiger partial charge in [-0.2, -0.15) is 20.4 Å². The van der Waals surface area contributed by atoms with Crippen molar-refractivity contribution in [2.45, 2.75) is 31.4 Å². The van der Waals surface area contributed by atoms with Crippen molar-refractivity contribution < 1.29 is 9.26 Å². The number of ether oxygens (including phenoxy) is 1. The van der Waals surface area contributed by atoms with Crippen molar-refractivity contribution in [2.75, 3.05) is 20.2 Å². The predicted molar refractivity (Wildman–Crippen MR) is 93.3 cm³/mol. The maximum atomic E-state index is 5.62. The van der Waals surface area contributed by atoms with E-state index in [1.165, 1.54) is 5.56 Å². The Morgan fingerprint density at radius 2 is 2.12 bits per heavy atom. The normalized spacial score (nSPS) is 20.7. The summed E-state index contributed by atoms with van der Waals surface area (Å²) < 4.78 is 11.1. The van der Waals surface area contributed by atoms with Crippen LogP contribution in [0.3, 0.4) is 0 Å². The number of methoxy groups -OCH3 is 1. The van der Waals surface area contributed by atoms with Gasteiger partial charge in [-0.15, -0.1) is 0 Å². The average molecular weight is 354 g/mol. The number of hydrogen-bond acceptors (Lipinski definition) is 7. The van der Waals surface area contributed by atoms with Crippen LogP contribution in [-0.2, 0) is 24.1 Å². The molecule has 136 valence electrons. The lowest BCUT2D eigenvalue weighted by Crippen LogP contribution is -2.22. The molecule has 4 rings (SSSR count). The van der Waals surface area contributed by atoms with Gasteiger partial charge in [0.05, 0.1) is 24.5 Å². The van der Waals surface area contributed by atoms with Crippen molar-refractivity contribution >= 4 is 0 Å². The van der Waals surface area contributed by atoms with Crippen molar-refractivity contribution in [1.82, 2.24) is 30.5 Å². The van der Waals surface area contributed by atoms with E-state index in [2.05, 4.69) is 42.6 Å². The summed E-state index contributed by atoms with van der Waals surface area (Å²) in [5.74, 6) is 1.59. The minimum atomic E-state index is 0.0839. The minimum absolute atomic E-state index is 0.0839. The molecule has 1 aromatic carbocycles. The van der Waals surface area contributed by atoms with Crippen molar-refractivity contribution in [3.05, 3.63) is 59.5 Å². The summed E-state index contributed by atoms with van der Waals surface area (Å²) >= 11 is 0. The Hall–Kier alpha value is -2.58. The molecular weight excluding hydrogens is 332 g/mol. The molecule has 26 heavy (non-hydrogen) atoms. The summed E-state index contributed by atoms with van der Waals surface area (Å²) in [6.45, 7) is 2.25. The zero-order valence-corrected chi connectivity index (χ0v) is 14.7. The highest BCUT2D eigenvalue weighted by Crippen LogP contribution is 2.28. The number of benzene rings is 1. The van der Waals surface area contributed by atoms with E-state index in [9.17, 15) is 0 Å². The summed E-state index contributed by atoms with van der Waals surface area (Å²) in [4.78, 5) is 6.79. The van der Waals surface area contributed by atoms with Crippen LogP contribution in [0.1, 0.15) is 28.9 Å². The third-order valence-electron chi connectivity index (χ3n) is 4.81. The monoisotopic (exact) mass is 354 g/mol. The van der Waals surface area contributed by atoms with Crippen LogP contribution in [0, 0.1) is 0 Å². The molecule has 0 spiro atoms. The first kappa shape index (κ1) is 16.9. The fourth-order valence-corrected chi connectivity index (χ4v) is 3.44. The molecule has 1 saturated heterocycles. The SMILES string of the molecule is CO[C@@H]1CN(Cc2nc(CCc3ccccc3)no2)C[C@H]1c1cn[nH]n1. The molecule has 3 aromatic rings. The topological polar surface area (TPSA) is 93.0 Å². The highest BCUT2D eigenvalue weighted by Gasteiger charge is 2.36. The molecule has 0 aliphatic carbocycles. The van der Waals surface area contributed by atoms with Crippen LogP contribution in [-0.4, -0.2) is 56.8 Å². The Balaban J connectivity index is 1.34. The number of H-pyrrole nitrogens is 1. The van der Waals surface area contributed by atoms with Crippen LogP contribution in [0.2, 0.25) is 0 Å². The fraction of sp³-hybridized carbons (Fsp3) is 0.444. The van der Waals surface area contributed by atoms with Crippen molar-refractivity contribution in [3.63, 3.8) is 0 Å². The molecule has 2 aromatic heterocycles. The molecule has 8 nitrogen and oxygen atoms in total. The maximum Gasteiger partial charge on any atom is 0.240 e. The van der Waals surface area contributed by atoms with Crippen LogP contribution >= 0.6 is 0 Å². The maximum absolute atomic E-state index is 5.62. The van der Waals surface area contributed by atoms with E-state index in [0.29, 0.717) is 12.4 Å². The summed E-state index contributed by atoms with van der Waals surface area (Å²) in [6, 6.07) is 10.3. The first-order valence-corrected chi connectivity index (χ1v) is 8.78. The second-order valence-corrected chi connectivity index (χ2v) is 6.56. The van der Waals surface area contributed by atoms with Gasteiger partial charge in [0.2, 0.25) is 5.89 Å². The largest absolute Gasteiger partial charge is 0.379 e. The zero-order valence-electron chi connectivity index (χ0n) is 14.7. The average Bonchev–Trinajstić information content (AvgIpc) is 3.42. The third kappa shape index (κ3) is 3.81. The number of aromatic nitrogens is 5. The van der Waals surface area contributed by atoms with Gasteiger partial charge < -0.3 is 9.26 Å². The molecule has 0 radical (unpaired) electrons. The van der Waals surface area contributed by atoms with Crippen LogP contribution in [0.25, 0.3) is 0 Å². The van der Waals surface area contributed by atoms with Crippen molar-refractivity contribution in [1.29, 1.82) is 0 Å². The Morgan fingerprint density at radius 1 is 1.23 bits per heavy atom. The fourth-order valence-electron chi connectivity index (χ4n) is 3.44. The molecular formula is C18H22N6O2. The van der Waals surface area contributed by atoms with E-state index in [1.807, 2.05) is 18.2 Å². The van der Waals surface area contributed by atoms with Crippen molar-refractivity contribution in [2.24, 2.45) is 0 Å². The molecule has 0 saturated carbocycles. The molecule has 1 fully saturated rings. The minimum Gasteiger partial charge on any atom is -0.379 e. The summed E-state index contributed by atoms with van der Waals surface area (Å²) in [7, 11) is 1.73. The van der Waals surface area contributed by atoms with E-state index in [4.69, 9.17) is 9.26 Å². The van der Waals surface area contributed by atoms with Crippen LogP contribution in [0.4, 0.5) is 0 Å². The zero-order chi connectivity index (χ0) is 17.8. The van der Waals surface area contributed by atoms with E-state index >= 15 is 0 Å². The van der Waals surface area contributed by atoms with Gasteiger partial charge in [0.25, 0.3) is 0 Å². The second kappa shape index (κ2) is 7.76. The van der Waals surface area contributed by atoms with Crippen LogP contribution in [0.5, 0.6) is 0 Å². The Bertz CT molecular complexity index is 804. The van der Waals surface area contributed by atoms with Crippen LogP contribution < -0.4 is 0 Å². The number of aromatic amines is 1. The standard InChI is InChI=1S/C18H22N6O2/c1-25-16-11-24(10-14(16)15-9-19-23-21-15)12-18-20-17(22-26-18)8-7-13-5-3-2-4-6-13/h2-6,9,14,16H,7-8,10-12H2,1H3,(H,19,21,23)/t14-,16+/m0/s1. The summed E-state index contributed by atoms with van der Waals surface area (Å²) in [5.41, 5.74) is 2.20. The van der Waals surface area contributed by atoms with E-state index in [1.54, 1.807) is 13.3 Å². The Kier molecular flexibility index (Phi) is 5.03. The lowest BCUT2D eigenvalue weighted by molar-refractivity contribution is 0.0946. The third-order valence-corrected chi connectivity index (χ3v) is 4.81. The molecule has 0 bridgehead atoms. The first-order valence-electron chi connectivity index (χ1n) is 8.78. The van der Waals surface area contributed by atoms with Gasteiger partial charge in [0.1, 0.15) is 0 Å². The summed E-state index contributed by atoms with van der Waals surface area (Å²) in [6.07, 6.45) is 3.52. The molecule has 0 unspecified atom stereocenters. The molecule has 1 aliphatic rings. The van der Waals surface area contributed by atoms with Crippen molar-refractivity contribution in [3.8, 4) is 0 Å².